The molecule has 0 aliphatic rings. The van der Waals surface area contributed by atoms with E-state index in [-0.39, 0.29) is 13.2 Å². The smallest absolute Gasteiger partial charge is 0.226 e. The van der Waals surface area contributed by atoms with E-state index in [2.05, 4.69) is 4.98 Å². The molecule has 2 aromatic heterocycles. The Labute approximate surface area is 179 Å². The van der Waals surface area contributed by atoms with Crippen LogP contribution in [-0.4, -0.2) is 10.1 Å². The second kappa shape index (κ2) is 8.13. The van der Waals surface area contributed by atoms with Gasteiger partial charge >= 0.3 is 0 Å². The number of aryl methyl sites for hydroxylation is 1. The third-order valence-corrected chi connectivity index (χ3v) is 5.23. The van der Waals surface area contributed by atoms with Crippen LogP contribution in [-0.2, 0) is 13.2 Å². The van der Waals surface area contributed by atoms with Crippen molar-refractivity contribution in [3.05, 3.63) is 96.1 Å². The summed E-state index contributed by atoms with van der Waals surface area (Å²) in [6.45, 7) is 2.00. The summed E-state index contributed by atoms with van der Waals surface area (Å²) in [7, 11) is 0. The van der Waals surface area contributed by atoms with Gasteiger partial charge in [-0.2, -0.15) is 0 Å². The average Bonchev–Trinajstić information content (AvgIpc) is 3.38. The van der Waals surface area contributed by atoms with Gasteiger partial charge in [0.1, 0.15) is 41.8 Å². The molecule has 5 nitrogen and oxygen atoms in total. The van der Waals surface area contributed by atoms with Crippen LogP contribution in [0.25, 0.3) is 33.6 Å². The minimum atomic E-state index is -0.171. The maximum absolute atomic E-state index is 9.79. The van der Waals surface area contributed by atoms with Crippen molar-refractivity contribution in [2.75, 3.05) is 0 Å². The third-order valence-electron chi connectivity index (χ3n) is 5.23. The summed E-state index contributed by atoms with van der Waals surface area (Å²) in [5, 5.41) is 10.7. The fourth-order valence-corrected chi connectivity index (χ4v) is 3.67. The summed E-state index contributed by atoms with van der Waals surface area (Å²) in [4.78, 5) is 4.58. The normalized spacial score (nSPS) is 11.2. The van der Waals surface area contributed by atoms with Gasteiger partial charge in [0.25, 0.3) is 0 Å². The molecule has 154 valence electrons. The van der Waals surface area contributed by atoms with Crippen LogP contribution in [0.5, 0.6) is 5.75 Å². The number of nitrogens with zero attached hydrogens (tertiary/aromatic N) is 1. The van der Waals surface area contributed by atoms with E-state index in [1.54, 1.807) is 0 Å². The maximum atomic E-state index is 9.79. The number of rotatable bonds is 6. The van der Waals surface area contributed by atoms with Gasteiger partial charge in [-0.3, -0.25) is 0 Å². The number of aliphatic hydroxyl groups is 1. The van der Waals surface area contributed by atoms with Crippen LogP contribution in [0.15, 0.2) is 87.7 Å². The highest BCUT2D eigenvalue weighted by molar-refractivity contribution is 5.96. The van der Waals surface area contributed by atoms with E-state index in [4.69, 9.17) is 13.6 Å². The molecule has 0 aliphatic heterocycles. The first-order valence-electron chi connectivity index (χ1n) is 10.1. The summed E-state index contributed by atoms with van der Waals surface area (Å²) in [6.07, 6.45) is 0. The first-order valence-corrected chi connectivity index (χ1v) is 10.1. The van der Waals surface area contributed by atoms with E-state index in [0.717, 1.165) is 33.5 Å². The molecule has 5 rings (SSSR count). The van der Waals surface area contributed by atoms with Gasteiger partial charge in [-0.1, -0.05) is 48.5 Å². The van der Waals surface area contributed by atoms with E-state index in [1.165, 1.54) is 0 Å². The lowest BCUT2D eigenvalue weighted by Gasteiger charge is -2.05. The SMILES string of the molecule is Cc1oc(-c2ccccc2)nc1COc1ccc2c(-c3ccccc3)c(CO)oc2c1. The summed E-state index contributed by atoms with van der Waals surface area (Å²) in [5.41, 5.74) is 4.26. The molecule has 31 heavy (non-hydrogen) atoms. The van der Waals surface area contributed by atoms with Crippen molar-refractivity contribution < 1.29 is 18.7 Å². The van der Waals surface area contributed by atoms with Crippen molar-refractivity contribution >= 4 is 11.0 Å². The molecular formula is C26H21NO4. The minimum absolute atomic E-state index is 0.171. The van der Waals surface area contributed by atoms with E-state index in [0.29, 0.717) is 23.0 Å². The monoisotopic (exact) mass is 411 g/mol. The number of aromatic nitrogens is 1. The molecule has 0 saturated heterocycles. The molecule has 0 amide bonds. The number of ether oxygens (including phenoxy) is 1. The van der Waals surface area contributed by atoms with Crippen LogP contribution in [0.4, 0.5) is 0 Å². The van der Waals surface area contributed by atoms with Crippen LogP contribution in [0.1, 0.15) is 17.2 Å². The molecule has 1 N–H and O–H groups in total. The zero-order valence-corrected chi connectivity index (χ0v) is 17.0. The maximum Gasteiger partial charge on any atom is 0.226 e. The Hall–Kier alpha value is -3.83. The van der Waals surface area contributed by atoms with Gasteiger partial charge in [-0.15, -0.1) is 0 Å². The molecule has 5 heteroatoms. The molecule has 0 fully saturated rings. The molecule has 0 spiro atoms. The Morgan fingerprint density at radius 2 is 1.58 bits per heavy atom. The third kappa shape index (κ3) is 3.71. The highest BCUT2D eigenvalue weighted by Gasteiger charge is 2.17. The zero-order chi connectivity index (χ0) is 21.2. The molecule has 0 aliphatic carbocycles. The highest BCUT2D eigenvalue weighted by Crippen LogP contribution is 2.36. The Balaban J connectivity index is 1.40. The Morgan fingerprint density at radius 3 is 2.29 bits per heavy atom. The number of hydrogen-bond donors (Lipinski definition) is 1. The summed E-state index contributed by atoms with van der Waals surface area (Å²) in [5.74, 6) is 2.51. The fourth-order valence-electron chi connectivity index (χ4n) is 3.67. The molecule has 0 unspecified atom stereocenters. The largest absolute Gasteiger partial charge is 0.487 e. The lowest BCUT2D eigenvalue weighted by molar-refractivity contribution is 0.251. The molecule has 5 aromatic rings. The van der Waals surface area contributed by atoms with Gasteiger partial charge in [0.2, 0.25) is 5.89 Å². The van der Waals surface area contributed by atoms with Crippen molar-refractivity contribution in [3.8, 4) is 28.3 Å². The lowest BCUT2D eigenvalue weighted by atomic mass is 10.0. The Kier molecular flexibility index (Phi) is 5.02. The van der Waals surface area contributed by atoms with Crippen LogP contribution < -0.4 is 4.74 Å². The van der Waals surface area contributed by atoms with Crippen LogP contribution in [0.3, 0.4) is 0 Å². The number of hydrogen-bond acceptors (Lipinski definition) is 5. The minimum Gasteiger partial charge on any atom is -0.487 e. The fraction of sp³-hybridized carbons (Fsp3) is 0.115. The quantitative estimate of drug-likeness (QED) is 0.364. The Bertz CT molecular complexity index is 1320. The molecule has 0 atom stereocenters. The summed E-state index contributed by atoms with van der Waals surface area (Å²) >= 11 is 0. The molecular weight excluding hydrogens is 390 g/mol. The zero-order valence-electron chi connectivity index (χ0n) is 17.0. The number of benzene rings is 3. The van der Waals surface area contributed by atoms with E-state index in [1.807, 2.05) is 85.8 Å². The first-order chi connectivity index (χ1) is 15.2. The molecule has 3 aromatic carbocycles. The van der Waals surface area contributed by atoms with Crippen LogP contribution >= 0.6 is 0 Å². The molecule has 0 bridgehead atoms. The van der Waals surface area contributed by atoms with Crippen molar-refractivity contribution in [2.24, 2.45) is 0 Å². The van der Waals surface area contributed by atoms with Gasteiger partial charge in [0.15, 0.2) is 0 Å². The highest BCUT2D eigenvalue weighted by atomic mass is 16.5. The van der Waals surface area contributed by atoms with Crippen molar-refractivity contribution in [1.82, 2.24) is 4.98 Å². The number of oxazole rings is 1. The predicted octanol–water partition coefficient (Wildman–Crippen LogP) is 6.13. The van der Waals surface area contributed by atoms with Crippen molar-refractivity contribution in [2.45, 2.75) is 20.1 Å². The van der Waals surface area contributed by atoms with E-state index >= 15 is 0 Å². The molecule has 0 radical (unpaired) electrons. The second-order valence-electron chi connectivity index (χ2n) is 7.26. The van der Waals surface area contributed by atoms with Gasteiger partial charge in [0.05, 0.1) is 0 Å². The molecule has 2 heterocycles. The average molecular weight is 411 g/mol. The predicted molar refractivity (Wildman–Crippen MR) is 119 cm³/mol. The lowest BCUT2D eigenvalue weighted by Crippen LogP contribution is -1.97. The van der Waals surface area contributed by atoms with E-state index < -0.39 is 0 Å². The summed E-state index contributed by atoms with van der Waals surface area (Å²) in [6, 6.07) is 25.4. The Morgan fingerprint density at radius 1 is 0.871 bits per heavy atom. The second-order valence-corrected chi connectivity index (χ2v) is 7.26. The number of aliphatic hydroxyl groups excluding tert-OH is 1. The van der Waals surface area contributed by atoms with Crippen LogP contribution in [0.2, 0.25) is 0 Å². The van der Waals surface area contributed by atoms with E-state index in [9.17, 15) is 5.11 Å². The van der Waals surface area contributed by atoms with Gasteiger partial charge < -0.3 is 18.7 Å². The topological polar surface area (TPSA) is 68.6 Å². The van der Waals surface area contributed by atoms with Gasteiger partial charge in [-0.05, 0) is 36.8 Å². The van der Waals surface area contributed by atoms with Crippen molar-refractivity contribution in [1.29, 1.82) is 0 Å². The number of furan rings is 1. The first kappa shape index (κ1) is 19.2. The van der Waals surface area contributed by atoms with Crippen molar-refractivity contribution in [3.63, 3.8) is 0 Å². The number of fused-ring (bicyclic) bond motifs is 1. The molecule has 0 saturated carbocycles. The van der Waals surface area contributed by atoms with Gasteiger partial charge in [0, 0.05) is 22.6 Å². The summed E-state index contributed by atoms with van der Waals surface area (Å²) < 4.78 is 17.7. The van der Waals surface area contributed by atoms with Crippen LogP contribution in [0, 0.1) is 6.92 Å². The van der Waals surface area contributed by atoms with Gasteiger partial charge in [-0.25, -0.2) is 4.98 Å². The standard InChI is InChI=1S/C26H21NO4/c1-17-22(27-26(30-17)19-10-6-3-7-11-19)16-29-20-12-13-21-23(14-20)31-24(15-28)25(21)18-8-4-2-5-9-18/h2-14,28H,15-16H2,1H3.